The van der Waals surface area contributed by atoms with E-state index in [1.54, 1.807) is 0 Å². The molecule has 0 fully saturated rings. The van der Waals surface area contributed by atoms with Gasteiger partial charge >= 0.3 is 0 Å². The molecule has 0 amide bonds. The first-order chi connectivity index (χ1) is 9.65. The second-order valence-corrected chi connectivity index (χ2v) is 6.55. The van der Waals surface area contributed by atoms with Gasteiger partial charge < -0.3 is 0 Å². The van der Waals surface area contributed by atoms with E-state index < -0.39 is 0 Å². The molecule has 3 aromatic rings. The van der Waals surface area contributed by atoms with Crippen LogP contribution in [0.25, 0.3) is 10.9 Å². The van der Waals surface area contributed by atoms with Crippen molar-refractivity contribution in [1.82, 2.24) is 0 Å². The maximum atomic E-state index is 6.25. The van der Waals surface area contributed by atoms with Crippen LogP contribution >= 0.6 is 45.8 Å². The number of halogens is 3. The minimum Gasteiger partial charge on any atom is -0.194 e. The van der Waals surface area contributed by atoms with Crippen LogP contribution in [0, 0.1) is 3.57 Å². The topological polar surface area (TPSA) is 3.88 Å². The van der Waals surface area contributed by atoms with Crippen LogP contribution in [0.4, 0.5) is 0 Å². The van der Waals surface area contributed by atoms with Crippen LogP contribution in [0.3, 0.4) is 0 Å². The summed E-state index contributed by atoms with van der Waals surface area (Å²) in [7, 11) is 0. The monoisotopic (exact) mass is 414 g/mol. The molecule has 3 rings (SSSR count). The Kier molecular flexibility index (Phi) is 4.15. The minimum absolute atomic E-state index is 0.730. The second-order valence-electron chi connectivity index (χ2n) is 4.54. The van der Waals surface area contributed by atoms with Crippen molar-refractivity contribution in [3.05, 3.63) is 73.9 Å². The number of nitrogens with zero attached hydrogens (tertiary/aromatic N) is 1. The van der Waals surface area contributed by atoms with Gasteiger partial charge in [-0.3, -0.25) is 0 Å². The van der Waals surface area contributed by atoms with Crippen molar-refractivity contribution in [1.29, 1.82) is 0 Å². The van der Waals surface area contributed by atoms with Gasteiger partial charge in [-0.05, 0) is 40.8 Å². The van der Waals surface area contributed by atoms with Gasteiger partial charge in [0.1, 0.15) is 0 Å². The van der Waals surface area contributed by atoms with Gasteiger partial charge in [-0.25, -0.2) is 0 Å². The summed E-state index contributed by atoms with van der Waals surface area (Å²) in [4.78, 5) is 0. The molecule has 0 atom stereocenters. The van der Waals surface area contributed by atoms with Crippen LogP contribution in [0.5, 0.6) is 0 Å². The summed E-state index contributed by atoms with van der Waals surface area (Å²) < 4.78 is 3.38. The molecule has 0 saturated carbocycles. The Morgan fingerprint density at radius 3 is 2.60 bits per heavy atom. The third kappa shape index (κ3) is 2.78. The Balaban J connectivity index is 2.15. The zero-order valence-electron chi connectivity index (χ0n) is 10.5. The molecule has 0 N–H and O–H groups in total. The molecule has 0 aliphatic carbocycles. The normalized spacial score (nSPS) is 10.9. The third-order valence-electron chi connectivity index (χ3n) is 3.23. The molecule has 2 aromatic carbocycles. The Labute approximate surface area is 141 Å². The number of aromatic nitrogens is 1. The molecule has 0 spiro atoms. The van der Waals surface area contributed by atoms with Gasteiger partial charge in [0.05, 0.1) is 10.4 Å². The van der Waals surface area contributed by atoms with Crippen molar-refractivity contribution in [3.63, 3.8) is 0 Å². The molecule has 0 bridgehead atoms. The van der Waals surface area contributed by atoms with Crippen molar-refractivity contribution < 1.29 is 4.57 Å². The first-order valence-corrected chi connectivity index (χ1v) is 7.99. The maximum Gasteiger partial charge on any atom is 0.215 e. The van der Waals surface area contributed by atoms with Crippen LogP contribution in [0.15, 0.2) is 54.7 Å². The summed E-state index contributed by atoms with van der Waals surface area (Å²) >= 11 is 14.7. The molecule has 0 saturated heterocycles. The first kappa shape index (κ1) is 14.1. The lowest BCUT2D eigenvalue weighted by molar-refractivity contribution is -0.662. The average Bonchev–Trinajstić information content (AvgIpc) is 2.44. The SMILES string of the molecule is Clc1ccc2c(I)cc[n+](Cc3ccccc3Cl)c2c1. The van der Waals surface area contributed by atoms with Gasteiger partial charge in [-0.15, -0.1) is 0 Å². The Morgan fingerprint density at radius 1 is 1.00 bits per heavy atom. The van der Waals surface area contributed by atoms with Gasteiger partial charge in [-0.2, -0.15) is 4.57 Å². The van der Waals surface area contributed by atoms with Crippen LogP contribution < -0.4 is 4.57 Å². The van der Waals surface area contributed by atoms with E-state index in [-0.39, 0.29) is 0 Å². The standard InChI is InChI=1S/C16H11Cl2IN/c17-12-5-6-13-15(19)7-8-20(16(13)9-12)10-11-3-1-2-4-14(11)18/h1-9H,10H2/q+1. The molecule has 1 heterocycles. The fourth-order valence-corrected chi connectivity index (χ4v) is 3.20. The van der Waals surface area contributed by atoms with Crippen molar-refractivity contribution in [2.75, 3.05) is 0 Å². The number of benzene rings is 2. The van der Waals surface area contributed by atoms with Gasteiger partial charge in [0.25, 0.3) is 0 Å². The largest absolute Gasteiger partial charge is 0.215 e. The molecule has 20 heavy (non-hydrogen) atoms. The van der Waals surface area contributed by atoms with E-state index in [0.717, 1.165) is 27.7 Å². The van der Waals surface area contributed by atoms with E-state index in [4.69, 9.17) is 23.2 Å². The first-order valence-electron chi connectivity index (χ1n) is 6.16. The highest BCUT2D eigenvalue weighted by molar-refractivity contribution is 14.1. The van der Waals surface area contributed by atoms with Crippen LogP contribution in [0.2, 0.25) is 10.0 Å². The van der Waals surface area contributed by atoms with Crippen LogP contribution in [-0.4, -0.2) is 0 Å². The van der Waals surface area contributed by atoms with Crippen molar-refractivity contribution in [2.45, 2.75) is 6.54 Å². The second kappa shape index (κ2) is 5.88. The van der Waals surface area contributed by atoms with Crippen LogP contribution in [0.1, 0.15) is 5.56 Å². The third-order valence-corrected chi connectivity index (χ3v) is 4.77. The summed E-state index contributed by atoms with van der Waals surface area (Å²) in [5.74, 6) is 0. The molecule has 4 heteroatoms. The maximum absolute atomic E-state index is 6.25. The lowest BCUT2D eigenvalue weighted by Gasteiger charge is -2.05. The minimum atomic E-state index is 0.730. The predicted octanol–water partition coefficient (Wildman–Crippen LogP) is 5.09. The van der Waals surface area contributed by atoms with E-state index in [1.165, 1.54) is 8.96 Å². The molecule has 0 unspecified atom stereocenters. The Hall–Kier alpha value is -0.840. The lowest BCUT2D eigenvalue weighted by Crippen LogP contribution is -2.35. The lowest BCUT2D eigenvalue weighted by atomic mass is 10.2. The summed E-state index contributed by atoms with van der Waals surface area (Å²) in [6.07, 6.45) is 2.07. The van der Waals surface area contributed by atoms with Crippen molar-refractivity contribution in [3.8, 4) is 0 Å². The summed E-state index contributed by atoms with van der Waals surface area (Å²) in [6, 6.07) is 16.0. The van der Waals surface area contributed by atoms with Gasteiger partial charge in [0.2, 0.25) is 5.52 Å². The van der Waals surface area contributed by atoms with E-state index in [2.05, 4.69) is 45.5 Å². The predicted molar refractivity (Wildman–Crippen MR) is 92.4 cm³/mol. The molecule has 0 aliphatic rings. The fraction of sp³-hybridized carbons (Fsp3) is 0.0625. The molecular weight excluding hydrogens is 404 g/mol. The summed E-state index contributed by atoms with van der Waals surface area (Å²) in [5.41, 5.74) is 2.21. The molecular formula is C16H11Cl2IN+. The molecule has 0 aliphatic heterocycles. The number of hydrogen-bond donors (Lipinski definition) is 0. The highest BCUT2D eigenvalue weighted by Crippen LogP contribution is 2.22. The van der Waals surface area contributed by atoms with Crippen LogP contribution in [-0.2, 0) is 6.54 Å². The van der Waals surface area contributed by atoms with E-state index >= 15 is 0 Å². The van der Waals surface area contributed by atoms with Gasteiger partial charge in [-0.1, -0.05) is 41.4 Å². The van der Waals surface area contributed by atoms with Crippen molar-refractivity contribution >= 4 is 56.7 Å². The molecule has 1 aromatic heterocycles. The van der Waals surface area contributed by atoms with E-state index in [9.17, 15) is 0 Å². The van der Waals surface area contributed by atoms with Gasteiger partial charge in [0.15, 0.2) is 12.7 Å². The fourth-order valence-electron chi connectivity index (χ4n) is 2.22. The molecule has 0 radical (unpaired) electrons. The zero-order valence-corrected chi connectivity index (χ0v) is 14.2. The van der Waals surface area contributed by atoms with Gasteiger partial charge in [0, 0.05) is 26.3 Å². The molecule has 1 nitrogen and oxygen atoms in total. The number of rotatable bonds is 2. The summed E-state index contributed by atoms with van der Waals surface area (Å²) in [5, 5.41) is 2.73. The number of fused-ring (bicyclic) bond motifs is 1. The molecule has 100 valence electrons. The van der Waals surface area contributed by atoms with E-state index in [1.807, 2.05) is 36.4 Å². The van der Waals surface area contributed by atoms with Crippen molar-refractivity contribution in [2.24, 2.45) is 0 Å². The highest BCUT2D eigenvalue weighted by Gasteiger charge is 2.14. The quantitative estimate of drug-likeness (QED) is 0.406. The Morgan fingerprint density at radius 2 is 1.80 bits per heavy atom. The summed E-state index contributed by atoms with van der Waals surface area (Å²) in [6.45, 7) is 0.730. The van der Waals surface area contributed by atoms with E-state index in [0.29, 0.717) is 0 Å². The smallest absolute Gasteiger partial charge is 0.194 e. The number of hydrogen-bond acceptors (Lipinski definition) is 0. The average molecular weight is 415 g/mol. The highest BCUT2D eigenvalue weighted by atomic mass is 127. The number of pyridine rings is 1. The Bertz CT molecular complexity index is 787. The zero-order chi connectivity index (χ0) is 14.1.